The lowest BCUT2D eigenvalue weighted by atomic mass is 9.90. The van der Waals surface area contributed by atoms with Crippen LogP contribution in [0.2, 0.25) is 0 Å². The first-order valence-corrected chi connectivity index (χ1v) is 10.5. The Kier molecular flexibility index (Phi) is 7.98. The molecule has 34 heavy (non-hydrogen) atoms. The molecule has 0 saturated carbocycles. The normalized spacial score (nSPS) is 15.4. The van der Waals surface area contributed by atoms with Crippen molar-refractivity contribution >= 4 is 17.6 Å². The zero-order chi connectivity index (χ0) is 25.0. The molecule has 0 saturated heterocycles. The number of benzene rings is 2. The van der Waals surface area contributed by atoms with Gasteiger partial charge in [-0.05, 0) is 36.6 Å². The third-order valence-electron chi connectivity index (χ3n) is 5.50. The topological polar surface area (TPSA) is 77.1 Å². The Bertz CT molecular complexity index is 1070. The van der Waals surface area contributed by atoms with Crippen LogP contribution in [0.3, 0.4) is 0 Å². The molecule has 0 bridgehead atoms. The highest BCUT2D eigenvalue weighted by atomic mass is 19.2. The van der Waals surface area contributed by atoms with Crippen molar-refractivity contribution in [2.45, 2.75) is 25.8 Å². The van der Waals surface area contributed by atoms with E-state index in [0.717, 1.165) is 5.56 Å². The number of hydrogen-bond acceptors (Lipinski definition) is 6. The molecule has 0 fully saturated rings. The predicted octanol–water partition coefficient (Wildman–Crippen LogP) is 3.75. The van der Waals surface area contributed by atoms with Crippen molar-refractivity contribution in [2.24, 2.45) is 0 Å². The van der Waals surface area contributed by atoms with E-state index in [-0.39, 0.29) is 19.1 Å². The molecule has 0 aliphatic carbocycles. The third kappa shape index (κ3) is 5.24. The van der Waals surface area contributed by atoms with Gasteiger partial charge in [0, 0.05) is 18.7 Å². The van der Waals surface area contributed by atoms with Crippen LogP contribution in [0.1, 0.15) is 30.5 Å². The monoisotopic (exact) mass is 484 g/mol. The second kappa shape index (κ2) is 10.7. The maximum absolute atomic E-state index is 14.0. The van der Waals surface area contributed by atoms with Gasteiger partial charge in [0.25, 0.3) is 0 Å². The lowest BCUT2D eigenvalue weighted by Gasteiger charge is -2.37. The molecule has 2 aromatic carbocycles. The zero-order valence-electron chi connectivity index (χ0n) is 18.8. The summed E-state index contributed by atoms with van der Waals surface area (Å²) in [5.41, 5.74) is 0.347. The molecule has 0 spiro atoms. The van der Waals surface area contributed by atoms with Gasteiger partial charge in [-0.25, -0.2) is 17.6 Å². The first kappa shape index (κ1) is 25.3. The SMILES string of the molecule is CCOC(=O)C[C@H]1c2cc(OC)c(OC)cc2CCN1CC(=O)Nc1c(F)c(F)cc(F)c1F. The van der Waals surface area contributed by atoms with Crippen molar-refractivity contribution in [2.75, 3.05) is 39.2 Å². The molecule has 184 valence electrons. The first-order valence-electron chi connectivity index (χ1n) is 10.5. The highest BCUT2D eigenvalue weighted by Crippen LogP contribution is 2.39. The lowest BCUT2D eigenvalue weighted by molar-refractivity contribution is -0.145. The van der Waals surface area contributed by atoms with Crippen molar-refractivity contribution in [3.8, 4) is 11.5 Å². The van der Waals surface area contributed by atoms with E-state index in [2.05, 4.69) is 0 Å². The minimum Gasteiger partial charge on any atom is -0.493 e. The average molecular weight is 484 g/mol. The number of anilines is 1. The molecule has 1 aliphatic heterocycles. The summed E-state index contributed by atoms with van der Waals surface area (Å²) in [7, 11) is 2.95. The largest absolute Gasteiger partial charge is 0.493 e. The summed E-state index contributed by atoms with van der Waals surface area (Å²) in [5.74, 6) is -7.20. The Morgan fingerprint density at radius 3 is 2.24 bits per heavy atom. The van der Waals surface area contributed by atoms with Crippen molar-refractivity contribution in [1.29, 1.82) is 0 Å². The van der Waals surface area contributed by atoms with Gasteiger partial charge in [-0.2, -0.15) is 0 Å². The van der Waals surface area contributed by atoms with E-state index >= 15 is 0 Å². The van der Waals surface area contributed by atoms with Crippen LogP contribution in [0, 0.1) is 23.3 Å². The third-order valence-corrected chi connectivity index (χ3v) is 5.50. The number of nitrogens with one attached hydrogen (secondary N) is 1. The second-order valence-electron chi connectivity index (χ2n) is 7.54. The summed E-state index contributed by atoms with van der Waals surface area (Å²) in [6.45, 7) is 1.72. The number of carbonyl (C=O) groups is 2. The number of amides is 1. The first-order chi connectivity index (χ1) is 16.2. The number of hydrogen-bond donors (Lipinski definition) is 1. The Balaban J connectivity index is 1.90. The van der Waals surface area contributed by atoms with Crippen LogP contribution in [0.5, 0.6) is 11.5 Å². The maximum Gasteiger partial charge on any atom is 0.307 e. The molecule has 0 unspecified atom stereocenters. The summed E-state index contributed by atoms with van der Waals surface area (Å²) < 4.78 is 70.7. The van der Waals surface area contributed by atoms with Crippen LogP contribution in [0.4, 0.5) is 23.2 Å². The molecule has 1 atom stereocenters. The summed E-state index contributed by atoms with van der Waals surface area (Å²) >= 11 is 0. The fraction of sp³-hybridized carbons (Fsp3) is 0.391. The Morgan fingerprint density at radius 2 is 1.65 bits per heavy atom. The number of fused-ring (bicyclic) bond motifs is 1. The van der Waals surface area contributed by atoms with Crippen molar-refractivity contribution in [3.05, 3.63) is 52.6 Å². The van der Waals surface area contributed by atoms with E-state index < -0.39 is 53.4 Å². The number of rotatable bonds is 8. The van der Waals surface area contributed by atoms with Gasteiger partial charge in [-0.3, -0.25) is 14.5 Å². The van der Waals surface area contributed by atoms with Crippen molar-refractivity contribution in [3.63, 3.8) is 0 Å². The molecule has 2 aromatic rings. The van der Waals surface area contributed by atoms with Crippen LogP contribution >= 0.6 is 0 Å². The van der Waals surface area contributed by atoms with Gasteiger partial charge in [0.05, 0.1) is 33.8 Å². The number of nitrogens with zero attached hydrogens (tertiary/aromatic N) is 1. The quantitative estimate of drug-likeness (QED) is 0.350. The minimum atomic E-state index is -1.71. The van der Waals surface area contributed by atoms with Crippen molar-refractivity contribution < 1.29 is 41.4 Å². The number of ether oxygens (including phenoxy) is 3. The Labute approximate surface area is 193 Å². The van der Waals surface area contributed by atoms with Crippen LogP contribution in [0.25, 0.3) is 0 Å². The zero-order valence-corrected chi connectivity index (χ0v) is 18.8. The molecule has 1 heterocycles. The van der Waals surface area contributed by atoms with E-state index in [1.807, 2.05) is 5.32 Å². The van der Waals surface area contributed by atoms with E-state index in [0.29, 0.717) is 30.0 Å². The van der Waals surface area contributed by atoms with E-state index in [4.69, 9.17) is 14.2 Å². The van der Waals surface area contributed by atoms with Crippen LogP contribution in [-0.4, -0.2) is 50.7 Å². The fourth-order valence-corrected chi connectivity index (χ4v) is 3.93. The molecule has 3 rings (SSSR count). The van der Waals surface area contributed by atoms with Gasteiger partial charge in [0.1, 0.15) is 5.69 Å². The molecule has 0 radical (unpaired) electrons. The molecular formula is C23H24F4N2O5. The summed E-state index contributed by atoms with van der Waals surface area (Å²) in [5, 5.41) is 1.90. The standard InChI is InChI=1S/C23H24F4N2O5/c1-4-34-20(31)10-16-13-8-18(33-3)17(32-2)7-12(13)5-6-29(16)11-19(30)28-23-21(26)14(24)9-15(25)22(23)27/h7-9,16H,4-6,10-11H2,1-3H3,(H,28,30)/t16-/m0/s1. The molecule has 7 nitrogen and oxygen atoms in total. The van der Waals surface area contributed by atoms with Crippen LogP contribution in [0.15, 0.2) is 18.2 Å². The van der Waals surface area contributed by atoms with Gasteiger partial charge in [-0.1, -0.05) is 0 Å². The number of esters is 1. The average Bonchev–Trinajstić information content (AvgIpc) is 2.81. The van der Waals surface area contributed by atoms with Gasteiger partial charge in [0.2, 0.25) is 5.91 Å². The molecule has 1 aliphatic rings. The van der Waals surface area contributed by atoms with Crippen molar-refractivity contribution in [1.82, 2.24) is 4.90 Å². The number of methoxy groups -OCH3 is 2. The highest BCUT2D eigenvalue weighted by Gasteiger charge is 2.33. The van der Waals surface area contributed by atoms with E-state index in [9.17, 15) is 27.2 Å². The second-order valence-corrected chi connectivity index (χ2v) is 7.54. The van der Waals surface area contributed by atoms with Gasteiger partial charge in [0.15, 0.2) is 34.8 Å². The molecular weight excluding hydrogens is 460 g/mol. The molecule has 11 heteroatoms. The van der Waals surface area contributed by atoms with Gasteiger partial charge >= 0.3 is 5.97 Å². The molecule has 1 N–H and O–H groups in total. The summed E-state index contributed by atoms with van der Waals surface area (Å²) in [4.78, 5) is 26.5. The Morgan fingerprint density at radius 1 is 1.03 bits per heavy atom. The van der Waals surface area contributed by atoms with Gasteiger partial charge in [-0.15, -0.1) is 0 Å². The van der Waals surface area contributed by atoms with E-state index in [1.165, 1.54) is 14.2 Å². The molecule has 1 amide bonds. The molecule has 0 aromatic heterocycles. The van der Waals surface area contributed by atoms with Crippen LogP contribution < -0.4 is 14.8 Å². The summed E-state index contributed by atoms with van der Waals surface area (Å²) in [6.07, 6.45) is 0.362. The fourth-order valence-electron chi connectivity index (χ4n) is 3.93. The summed E-state index contributed by atoms with van der Waals surface area (Å²) in [6, 6.07) is 2.90. The number of halogens is 4. The number of carbonyl (C=O) groups excluding carboxylic acids is 2. The van der Waals surface area contributed by atoms with Crippen LogP contribution in [-0.2, 0) is 20.7 Å². The predicted molar refractivity (Wildman–Crippen MR) is 114 cm³/mol. The smallest absolute Gasteiger partial charge is 0.307 e. The van der Waals surface area contributed by atoms with E-state index in [1.54, 1.807) is 24.0 Å². The van der Waals surface area contributed by atoms with Gasteiger partial charge < -0.3 is 19.5 Å². The lowest BCUT2D eigenvalue weighted by Crippen LogP contribution is -2.41. The minimum absolute atomic E-state index is 0.0545. The highest BCUT2D eigenvalue weighted by molar-refractivity contribution is 5.92. The maximum atomic E-state index is 14.0. The Hall–Kier alpha value is -3.34.